The zero-order chi connectivity index (χ0) is 16.9. The van der Waals surface area contributed by atoms with Crippen molar-refractivity contribution in [2.75, 3.05) is 0 Å². The molecule has 0 spiro atoms. The molecule has 0 radical (unpaired) electrons. The SMILES string of the molecule is C=C(C)C(=O)OCc1ncn(-c2ccccc2)c1-c1ccccc1. The summed E-state index contributed by atoms with van der Waals surface area (Å²) < 4.78 is 7.29. The first-order chi connectivity index (χ1) is 11.7. The van der Waals surface area contributed by atoms with Gasteiger partial charge in [0.1, 0.15) is 18.6 Å². The third-order valence-electron chi connectivity index (χ3n) is 3.61. The van der Waals surface area contributed by atoms with Crippen molar-refractivity contribution >= 4 is 5.97 Å². The summed E-state index contributed by atoms with van der Waals surface area (Å²) in [6.07, 6.45) is 1.75. The quantitative estimate of drug-likeness (QED) is 0.524. The van der Waals surface area contributed by atoms with Gasteiger partial charge in [-0.25, -0.2) is 9.78 Å². The number of carbonyl (C=O) groups excluding carboxylic acids is 1. The fraction of sp³-hybridized carbons (Fsp3) is 0.100. The number of rotatable bonds is 5. The third kappa shape index (κ3) is 3.27. The molecule has 1 heterocycles. The number of esters is 1. The van der Waals surface area contributed by atoms with E-state index < -0.39 is 5.97 Å². The van der Waals surface area contributed by atoms with Gasteiger partial charge in [0.25, 0.3) is 0 Å². The molecule has 0 fully saturated rings. The Bertz CT molecular complexity index is 852. The molecule has 0 aliphatic rings. The van der Waals surface area contributed by atoms with Crippen LogP contribution in [0.2, 0.25) is 0 Å². The minimum atomic E-state index is -0.414. The number of nitrogens with zero attached hydrogens (tertiary/aromatic N) is 2. The van der Waals surface area contributed by atoms with Crippen molar-refractivity contribution in [3.8, 4) is 16.9 Å². The van der Waals surface area contributed by atoms with Crippen LogP contribution in [-0.4, -0.2) is 15.5 Å². The van der Waals surface area contributed by atoms with Crippen LogP contribution in [0.25, 0.3) is 16.9 Å². The normalized spacial score (nSPS) is 10.4. The van der Waals surface area contributed by atoms with Crippen molar-refractivity contribution in [2.45, 2.75) is 13.5 Å². The predicted octanol–water partition coefficient (Wildman–Crippen LogP) is 4.16. The first kappa shape index (κ1) is 15.7. The van der Waals surface area contributed by atoms with Crippen LogP contribution in [0.3, 0.4) is 0 Å². The second kappa shape index (κ2) is 6.96. The molecule has 0 N–H and O–H groups in total. The molecule has 3 aromatic rings. The van der Waals surface area contributed by atoms with Gasteiger partial charge in [0.15, 0.2) is 0 Å². The van der Waals surface area contributed by atoms with Crippen LogP contribution >= 0.6 is 0 Å². The topological polar surface area (TPSA) is 44.1 Å². The first-order valence-corrected chi connectivity index (χ1v) is 7.66. The minimum absolute atomic E-state index is 0.107. The summed E-state index contributed by atoms with van der Waals surface area (Å²) in [7, 11) is 0. The lowest BCUT2D eigenvalue weighted by Crippen LogP contribution is -2.06. The number of imidazole rings is 1. The van der Waals surface area contributed by atoms with Gasteiger partial charge in [-0.1, -0.05) is 55.1 Å². The van der Waals surface area contributed by atoms with Gasteiger partial charge >= 0.3 is 5.97 Å². The van der Waals surface area contributed by atoms with Crippen LogP contribution in [0, 0.1) is 0 Å². The summed E-state index contributed by atoms with van der Waals surface area (Å²) >= 11 is 0. The first-order valence-electron chi connectivity index (χ1n) is 7.66. The Kier molecular flexibility index (Phi) is 4.57. The van der Waals surface area contributed by atoms with E-state index in [1.54, 1.807) is 13.3 Å². The number of aromatic nitrogens is 2. The fourth-order valence-electron chi connectivity index (χ4n) is 2.43. The van der Waals surface area contributed by atoms with Crippen LogP contribution in [-0.2, 0) is 16.1 Å². The van der Waals surface area contributed by atoms with E-state index in [-0.39, 0.29) is 6.61 Å². The van der Waals surface area contributed by atoms with E-state index in [1.165, 1.54) is 0 Å². The zero-order valence-corrected chi connectivity index (χ0v) is 13.5. The Morgan fingerprint density at radius 2 is 1.71 bits per heavy atom. The van der Waals surface area contributed by atoms with E-state index in [1.807, 2.05) is 65.2 Å². The maximum Gasteiger partial charge on any atom is 0.333 e. The molecule has 1 aromatic heterocycles. The highest BCUT2D eigenvalue weighted by molar-refractivity contribution is 5.87. The summed E-state index contributed by atoms with van der Waals surface area (Å²) in [5.41, 5.74) is 4.01. The lowest BCUT2D eigenvalue weighted by molar-refractivity contribution is -0.140. The summed E-state index contributed by atoms with van der Waals surface area (Å²) in [4.78, 5) is 16.1. The van der Waals surface area contributed by atoms with Crippen molar-refractivity contribution in [3.05, 3.63) is 84.8 Å². The largest absolute Gasteiger partial charge is 0.456 e. The Morgan fingerprint density at radius 3 is 2.33 bits per heavy atom. The number of para-hydroxylation sites is 1. The average molecular weight is 318 g/mol. The Labute approximate surface area is 141 Å². The van der Waals surface area contributed by atoms with Gasteiger partial charge in [0, 0.05) is 16.8 Å². The molecule has 0 amide bonds. The van der Waals surface area contributed by atoms with E-state index in [0.29, 0.717) is 11.3 Å². The molecule has 0 saturated carbocycles. The van der Waals surface area contributed by atoms with Crippen LogP contribution in [0.4, 0.5) is 0 Å². The molecule has 0 aliphatic heterocycles. The molecule has 0 unspecified atom stereocenters. The van der Waals surface area contributed by atoms with E-state index in [4.69, 9.17) is 4.74 Å². The van der Waals surface area contributed by atoms with E-state index in [0.717, 1.165) is 16.9 Å². The molecule has 24 heavy (non-hydrogen) atoms. The predicted molar refractivity (Wildman–Crippen MR) is 93.6 cm³/mol. The number of benzene rings is 2. The maximum atomic E-state index is 11.7. The van der Waals surface area contributed by atoms with Crippen molar-refractivity contribution in [3.63, 3.8) is 0 Å². The average Bonchev–Trinajstić information content (AvgIpc) is 3.05. The summed E-state index contributed by atoms with van der Waals surface area (Å²) in [5, 5.41) is 0. The molecular formula is C20H18N2O2. The van der Waals surface area contributed by atoms with E-state index in [2.05, 4.69) is 11.6 Å². The Morgan fingerprint density at radius 1 is 1.08 bits per heavy atom. The van der Waals surface area contributed by atoms with Gasteiger partial charge < -0.3 is 4.74 Å². The van der Waals surface area contributed by atoms with E-state index >= 15 is 0 Å². The highest BCUT2D eigenvalue weighted by atomic mass is 16.5. The second-order valence-corrected chi connectivity index (χ2v) is 5.47. The second-order valence-electron chi connectivity index (χ2n) is 5.47. The van der Waals surface area contributed by atoms with Crippen molar-refractivity contribution in [1.82, 2.24) is 9.55 Å². The molecule has 4 heteroatoms. The molecule has 0 bridgehead atoms. The highest BCUT2D eigenvalue weighted by Gasteiger charge is 2.16. The van der Waals surface area contributed by atoms with Crippen LogP contribution in [0.15, 0.2) is 79.1 Å². The smallest absolute Gasteiger partial charge is 0.333 e. The number of hydrogen-bond acceptors (Lipinski definition) is 3. The molecular weight excluding hydrogens is 300 g/mol. The molecule has 2 aromatic carbocycles. The molecule has 3 rings (SSSR count). The molecule has 4 nitrogen and oxygen atoms in total. The molecule has 0 aliphatic carbocycles. The lowest BCUT2D eigenvalue weighted by atomic mass is 10.1. The summed E-state index contributed by atoms with van der Waals surface area (Å²) in [6, 6.07) is 19.9. The number of carbonyl (C=O) groups is 1. The molecule has 0 atom stereocenters. The van der Waals surface area contributed by atoms with Gasteiger partial charge in [-0.2, -0.15) is 0 Å². The fourth-order valence-corrected chi connectivity index (χ4v) is 2.43. The molecule has 0 saturated heterocycles. The molecule has 120 valence electrons. The number of hydrogen-bond donors (Lipinski definition) is 0. The van der Waals surface area contributed by atoms with Gasteiger partial charge in [-0.05, 0) is 19.1 Å². The van der Waals surface area contributed by atoms with Gasteiger partial charge in [0.2, 0.25) is 0 Å². The minimum Gasteiger partial charge on any atom is -0.456 e. The van der Waals surface area contributed by atoms with E-state index in [9.17, 15) is 4.79 Å². The van der Waals surface area contributed by atoms with Crippen molar-refractivity contribution in [1.29, 1.82) is 0 Å². The standard InChI is InChI=1S/C20H18N2O2/c1-15(2)20(23)24-13-18-19(16-9-5-3-6-10-16)22(14-21-18)17-11-7-4-8-12-17/h3-12,14H,1,13H2,2H3. The Hall–Kier alpha value is -3.14. The van der Waals surface area contributed by atoms with Gasteiger partial charge in [0.05, 0.1) is 5.69 Å². The highest BCUT2D eigenvalue weighted by Crippen LogP contribution is 2.27. The number of ether oxygens (including phenoxy) is 1. The summed E-state index contributed by atoms with van der Waals surface area (Å²) in [5.74, 6) is -0.414. The van der Waals surface area contributed by atoms with Crippen molar-refractivity contribution in [2.24, 2.45) is 0 Å². The zero-order valence-electron chi connectivity index (χ0n) is 13.5. The Balaban J connectivity index is 2.02. The van der Waals surface area contributed by atoms with Crippen LogP contribution in [0.5, 0.6) is 0 Å². The lowest BCUT2D eigenvalue weighted by Gasteiger charge is -2.11. The third-order valence-corrected chi connectivity index (χ3v) is 3.61. The van der Waals surface area contributed by atoms with Gasteiger partial charge in [-0.15, -0.1) is 0 Å². The van der Waals surface area contributed by atoms with Crippen molar-refractivity contribution < 1.29 is 9.53 Å². The van der Waals surface area contributed by atoms with Crippen LogP contribution < -0.4 is 0 Å². The van der Waals surface area contributed by atoms with Crippen LogP contribution in [0.1, 0.15) is 12.6 Å². The van der Waals surface area contributed by atoms with Gasteiger partial charge in [-0.3, -0.25) is 4.57 Å². The summed E-state index contributed by atoms with van der Waals surface area (Å²) in [6.45, 7) is 5.34. The monoisotopic (exact) mass is 318 g/mol. The maximum absolute atomic E-state index is 11.7.